The minimum absolute atomic E-state index is 0.135. The number of rotatable bonds is 5. The summed E-state index contributed by atoms with van der Waals surface area (Å²) in [7, 11) is 4.17. The molecule has 2 N–H and O–H groups in total. The molecule has 1 heterocycles. The van der Waals surface area contributed by atoms with Crippen molar-refractivity contribution < 1.29 is 0 Å². The second kappa shape index (κ2) is 4.55. The molecule has 0 amide bonds. The van der Waals surface area contributed by atoms with E-state index in [1.807, 2.05) is 19.4 Å². The smallest absolute Gasteiger partial charge is 0.122 e. The van der Waals surface area contributed by atoms with Gasteiger partial charge in [0.2, 0.25) is 0 Å². The molecule has 4 heteroatoms. The first-order valence-electron chi connectivity index (χ1n) is 6.03. The molecule has 1 saturated carbocycles. The summed E-state index contributed by atoms with van der Waals surface area (Å²) in [5.74, 6) is 1.11. The topological polar surface area (TPSA) is 47.1 Å². The number of hydrogen-bond acceptors (Lipinski definition) is 3. The molecular formula is C12H22N4. The molecule has 16 heavy (non-hydrogen) atoms. The van der Waals surface area contributed by atoms with E-state index in [0.717, 1.165) is 25.3 Å². The van der Waals surface area contributed by atoms with Crippen molar-refractivity contribution in [1.82, 2.24) is 14.5 Å². The van der Waals surface area contributed by atoms with Gasteiger partial charge in [-0.3, -0.25) is 4.90 Å². The molecule has 0 aliphatic heterocycles. The summed E-state index contributed by atoms with van der Waals surface area (Å²) in [4.78, 5) is 6.63. The van der Waals surface area contributed by atoms with E-state index < -0.39 is 0 Å². The van der Waals surface area contributed by atoms with Gasteiger partial charge < -0.3 is 10.3 Å². The lowest BCUT2D eigenvalue weighted by molar-refractivity contribution is 0.191. The molecule has 1 fully saturated rings. The van der Waals surface area contributed by atoms with E-state index in [4.69, 9.17) is 5.73 Å². The molecule has 4 nitrogen and oxygen atoms in total. The summed E-state index contributed by atoms with van der Waals surface area (Å²) in [6.45, 7) is 1.96. The number of aryl methyl sites for hydroxylation is 1. The lowest BCUT2D eigenvalue weighted by atomic mass is 9.75. The lowest BCUT2D eigenvalue weighted by Crippen LogP contribution is -2.48. The molecule has 90 valence electrons. The van der Waals surface area contributed by atoms with Crippen molar-refractivity contribution in [3.63, 3.8) is 0 Å². The summed E-state index contributed by atoms with van der Waals surface area (Å²) in [5.41, 5.74) is 6.34. The van der Waals surface area contributed by atoms with Crippen LogP contribution in [0.1, 0.15) is 31.5 Å². The Morgan fingerprint density at radius 3 is 2.81 bits per heavy atom. The van der Waals surface area contributed by atoms with Gasteiger partial charge in [0.05, 0.1) is 6.54 Å². The second-order valence-electron chi connectivity index (χ2n) is 5.16. The van der Waals surface area contributed by atoms with Crippen LogP contribution in [0.2, 0.25) is 0 Å². The first-order chi connectivity index (χ1) is 7.59. The Morgan fingerprint density at radius 1 is 1.56 bits per heavy atom. The van der Waals surface area contributed by atoms with Crippen molar-refractivity contribution in [3.05, 3.63) is 18.2 Å². The van der Waals surface area contributed by atoms with Crippen molar-refractivity contribution in [3.8, 4) is 0 Å². The van der Waals surface area contributed by atoms with E-state index >= 15 is 0 Å². The summed E-state index contributed by atoms with van der Waals surface area (Å²) in [5, 5.41) is 0. The monoisotopic (exact) mass is 222 g/mol. The molecule has 1 aliphatic carbocycles. The number of nitrogens with zero attached hydrogens (tertiary/aromatic N) is 3. The van der Waals surface area contributed by atoms with Crippen LogP contribution in [0.5, 0.6) is 0 Å². The molecule has 0 atom stereocenters. The van der Waals surface area contributed by atoms with E-state index in [1.54, 1.807) is 0 Å². The fraction of sp³-hybridized carbons (Fsp3) is 0.750. The van der Waals surface area contributed by atoms with Crippen LogP contribution in [0, 0.1) is 0 Å². The SMILES string of the molecule is CN(CCC1(N)CCC1)Cc1nccn1C. The van der Waals surface area contributed by atoms with Gasteiger partial charge in [-0.05, 0) is 32.7 Å². The Bertz CT molecular complexity index is 341. The molecule has 0 saturated heterocycles. The van der Waals surface area contributed by atoms with Crippen LogP contribution in [-0.4, -0.2) is 33.6 Å². The van der Waals surface area contributed by atoms with Crippen molar-refractivity contribution in [2.24, 2.45) is 12.8 Å². The van der Waals surface area contributed by atoms with Gasteiger partial charge in [-0.15, -0.1) is 0 Å². The zero-order valence-corrected chi connectivity index (χ0v) is 10.3. The maximum atomic E-state index is 6.21. The van der Waals surface area contributed by atoms with E-state index in [-0.39, 0.29) is 5.54 Å². The lowest BCUT2D eigenvalue weighted by Gasteiger charge is -2.39. The summed E-state index contributed by atoms with van der Waals surface area (Å²) in [6, 6.07) is 0. The number of aromatic nitrogens is 2. The average Bonchev–Trinajstić information content (AvgIpc) is 2.59. The number of imidazole rings is 1. The molecule has 1 aliphatic rings. The van der Waals surface area contributed by atoms with Gasteiger partial charge >= 0.3 is 0 Å². The first kappa shape index (κ1) is 11.6. The van der Waals surface area contributed by atoms with Crippen molar-refractivity contribution in [1.29, 1.82) is 0 Å². The third-order valence-electron chi connectivity index (χ3n) is 3.67. The van der Waals surface area contributed by atoms with Gasteiger partial charge in [-0.2, -0.15) is 0 Å². The predicted molar refractivity (Wildman–Crippen MR) is 64.9 cm³/mol. The van der Waals surface area contributed by atoms with Crippen LogP contribution >= 0.6 is 0 Å². The summed E-state index contributed by atoms with van der Waals surface area (Å²) in [6.07, 6.45) is 8.64. The van der Waals surface area contributed by atoms with Crippen molar-refractivity contribution >= 4 is 0 Å². The highest BCUT2D eigenvalue weighted by Crippen LogP contribution is 2.32. The Morgan fingerprint density at radius 2 is 2.31 bits per heavy atom. The summed E-state index contributed by atoms with van der Waals surface area (Å²) < 4.78 is 2.07. The Balaban J connectivity index is 1.76. The van der Waals surface area contributed by atoms with Crippen LogP contribution < -0.4 is 5.73 Å². The maximum absolute atomic E-state index is 6.21. The summed E-state index contributed by atoms with van der Waals surface area (Å²) >= 11 is 0. The second-order valence-corrected chi connectivity index (χ2v) is 5.16. The fourth-order valence-electron chi connectivity index (χ4n) is 2.16. The quantitative estimate of drug-likeness (QED) is 0.812. The Hall–Kier alpha value is -0.870. The van der Waals surface area contributed by atoms with Gasteiger partial charge in [-0.25, -0.2) is 4.98 Å². The average molecular weight is 222 g/mol. The van der Waals surface area contributed by atoms with Gasteiger partial charge in [0.15, 0.2) is 0 Å². The van der Waals surface area contributed by atoms with Crippen LogP contribution in [0.4, 0.5) is 0 Å². The Kier molecular flexibility index (Phi) is 3.30. The predicted octanol–water partition coefficient (Wildman–Crippen LogP) is 1.12. The number of hydrogen-bond donors (Lipinski definition) is 1. The molecular weight excluding hydrogens is 200 g/mol. The van der Waals surface area contributed by atoms with Crippen LogP contribution in [0.3, 0.4) is 0 Å². The normalized spacial score (nSPS) is 18.8. The molecule has 0 bridgehead atoms. The highest BCUT2D eigenvalue weighted by Gasteiger charge is 2.31. The molecule has 0 spiro atoms. The third kappa shape index (κ3) is 2.62. The van der Waals surface area contributed by atoms with Gasteiger partial charge in [0, 0.05) is 31.5 Å². The van der Waals surface area contributed by atoms with Crippen molar-refractivity contribution in [2.75, 3.05) is 13.6 Å². The van der Waals surface area contributed by atoms with Gasteiger partial charge in [-0.1, -0.05) is 0 Å². The molecule has 0 radical (unpaired) electrons. The standard InChI is InChI=1S/C12H22N4/c1-15(8-6-12(13)4-3-5-12)10-11-14-7-9-16(11)2/h7,9H,3-6,8,10,13H2,1-2H3. The molecule has 1 aromatic heterocycles. The van der Waals surface area contributed by atoms with E-state index in [9.17, 15) is 0 Å². The number of nitrogens with two attached hydrogens (primary N) is 1. The van der Waals surface area contributed by atoms with E-state index in [0.29, 0.717) is 0 Å². The van der Waals surface area contributed by atoms with Gasteiger partial charge in [0.1, 0.15) is 5.82 Å². The molecule has 0 aromatic carbocycles. The fourth-order valence-corrected chi connectivity index (χ4v) is 2.16. The minimum atomic E-state index is 0.135. The molecule has 1 aromatic rings. The van der Waals surface area contributed by atoms with Crippen LogP contribution in [0.25, 0.3) is 0 Å². The largest absolute Gasteiger partial charge is 0.337 e. The van der Waals surface area contributed by atoms with Crippen molar-refractivity contribution in [2.45, 2.75) is 37.8 Å². The van der Waals surface area contributed by atoms with Gasteiger partial charge in [0.25, 0.3) is 0 Å². The van der Waals surface area contributed by atoms with Crippen LogP contribution in [0.15, 0.2) is 12.4 Å². The minimum Gasteiger partial charge on any atom is -0.337 e. The third-order valence-corrected chi connectivity index (χ3v) is 3.67. The zero-order valence-electron chi connectivity index (χ0n) is 10.3. The Labute approximate surface area is 97.4 Å². The molecule has 2 rings (SSSR count). The van der Waals surface area contributed by atoms with E-state index in [2.05, 4.69) is 21.5 Å². The van der Waals surface area contributed by atoms with Crippen LogP contribution in [-0.2, 0) is 13.6 Å². The van der Waals surface area contributed by atoms with E-state index in [1.165, 1.54) is 19.3 Å². The highest BCUT2D eigenvalue weighted by atomic mass is 15.1. The molecule has 0 unspecified atom stereocenters. The maximum Gasteiger partial charge on any atom is 0.122 e. The highest BCUT2D eigenvalue weighted by molar-refractivity contribution is 4.94. The first-order valence-corrected chi connectivity index (χ1v) is 6.03. The zero-order chi connectivity index (χ0) is 11.6.